The van der Waals surface area contributed by atoms with Gasteiger partial charge < -0.3 is 15.2 Å². The molecule has 2 N–H and O–H groups in total. The van der Waals surface area contributed by atoms with Crippen molar-refractivity contribution in [1.29, 1.82) is 0 Å². The number of aromatic nitrogens is 4. The average Bonchev–Trinajstić information content (AvgIpc) is 3.04. The number of carbonyl (C=O) groups excluding carboxylic acids is 1. The summed E-state index contributed by atoms with van der Waals surface area (Å²) < 4.78 is 1.96. The number of hydrogen-bond donors (Lipinski definition) is 1. The zero-order valence-electron chi connectivity index (χ0n) is 12.5. The molecule has 1 amide bonds. The number of aryl methyl sites for hydroxylation is 1. The van der Waals surface area contributed by atoms with Crippen molar-refractivity contribution in [2.45, 2.75) is 39.3 Å². The van der Waals surface area contributed by atoms with E-state index in [1.54, 1.807) is 18.3 Å². The standard InChI is InChI=1S/C13H20N6OS/c1-9(2)19-8-15-17-11(19)6-18(3)12(20)5-4-10-7-21-13(14)16-10/h7-9H,4-6H2,1-3H3,(H2,14,16). The second-order valence-electron chi connectivity index (χ2n) is 5.18. The summed E-state index contributed by atoms with van der Waals surface area (Å²) in [6.45, 7) is 4.57. The molecule has 2 heterocycles. The largest absolute Gasteiger partial charge is 0.375 e. The lowest BCUT2D eigenvalue weighted by Gasteiger charge is -2.18. The summed E-state index contributed by atoms with van der Waals surface area (Å²) in [6.07, 6.45) is 2.71. The maximum Gasteiger partial charge on any atom is 0.223 e. The molecule has 0 radical (unpaired) electrons. The average molecular weight is 308 g/mol. The Morgan fingerprint density at radius 3 is 2.90 bits per heavy atom. The van der Waals surface area contributed by atoms with Crippen molar-refractivity contribution in [2.24, 2.45) is 0 Å². The van der Waals surface area contributed by atoms with E-state index in [0.717, 1.165) is 11.5 Å². The number of hydrogen-bond acceptors (Lipinski definition) is 6. The number of thiazole rings is 1. The molecule has 2 aromatic heterocycles. The fourth-order valence-corrected chi connectivity index (χ4v) is 2.57. The maximum atomic E-state index is 12.1. The predicted molar refractivity (Wildman–Crippen MR) is 81.7 cm³/mol. The maximum absolute atomic E-state index is 12.1. The molecule has 21 heavy (non-hydrogen) atoms. The first-order chi connectivity index (χ1) is 9.97. The van der Waals surface area contributed by atoms with E-state index in [4.69, 9.17) is 5.73 Å². The van der Waals surface area contributed by atoms with Crippen LogP contribution in [-0.2, 0) is 17.8 Å². The Morgan fingerprint density at radius 1 is 1.52 bits per heavy atom. The lowest BCUT2D eigenvalue weighted by atomic mass is 10.2. The number of amides is 1. The van der Waals surface area contributed by atoms with Gasteiger partial charge in [-0.15, -0.1) is 21.5 Å². The van der Waals surface area contributed by atoms with Crippen molar-refractivity contribution >= 4 is 22.4 Å². The van der Waals surface area contributed by atoms with Crippen molar-refractivity contribution in [2.75, 3.05) is 12.8 Å². The number of nitrogen functional groups attached to an aromatic ring is 1. The number of carbonyl (C=O) groups is 1. The highest BCUT2D eigenvalue weighted by Crippen LogP contribution is 2.13. The SMILES string of the molecule is CC(C)n1cnnc1CN(C)C(=O)CCc1csc(N)n1. The van der Waals surface area contributed by atoms with Crippen LogP contribution in [0.3, 0.4) is 0 Å². The zero-order chi connectivity index (χ0) is 15.4. The van der Waals surface area contributed by atoms with E-state index in [1.165, 1.54) is 11.3 Å². The van der Waals surface area contributed by atoms with E-state index in [-0.39, 0.29) is 11.9 Å². The third-order valence-corrected chi connectivity index (χ3v) is 3.90. The number of rotatable bonds is 6. The molecular formula is C13H20N6OS. The van der Waals surface area contributed by atoms with E-state index in [0.29, 0.717) is 24.5 Å². The summed E-state index contributed by atoms with van der Waals surface area (Å²) in [7, 11) is 1.77. The van der Waals surface area contributed by atoms with Gasteiger partial charge in [0.15, 0.2) is 11.0 Å². The molecule has 0 aliphatic carbocycles. The molecule has 0 atom stereocenters. The summed E-state index contributed by atoms with van der Waals surface area (Å²) >= 11 is 1.39. The van der Waals surface area contributed by atoms with Crippen LogP contribution in [0.15, 0.2) is 11.7 Å². The molecule has 0 saturated carbocycles. The van der Waals surface area contributed by atoms with E-state index in [2.05, 4.69) is 29.0 Å². The molecule has 0 aliphatic rings. The van der Waals surface area contributed by atoms with E-state index >= 15 is 0 Å². The van der Waals surface area contributed by atoms with Gasteiger partial charge in [-0.25, -0.2) is 4.98 Å². The predicted octanol–water partition coefficient (Wildman–Crippen LogP) is 1.49. The van der Waals surface area contributed by atoms with Gasteiger partial charge in [0.25, 0.3) is 0 Å². The van der Waals surface area contributed by atoms with Gasteiger partial charge in [0.05, 0.1) is 12.2 Å². The summed E-state index contributed by atoms with van der Waals surface area (Å²) in [4.78, 5) is 18.0. The summed E-state index contributed by atoms with van der Waals surface area (Å²) in [6, 6.07) is 0.275. The fourth-order valence-electron chi connectivity index (χ4n) is 1.97. The Bertz CT molecular complexity index is 605. The van der Waals surface area contributed by atoms with Gasteiger partial charge in [0.1, 0.15) is 6.33 Å². The second kappa shape index (κ2) is 6.66. The minimum Gasteiger partial charge on any atom is -0.375 e. The van der Waals surface area contributed by atoms with Crippen molar-refractivity contribution in [1.82, 2.24) is 24.6 Å². The molecule has 0 saturated heterocycles. The van der Waals surface area contributed by atoms with Crippen molar-refractivity contribution < 1.29 is 4.79 Å². The fraction of sp³-hybridized carbons (Fsp3) is 0.538. The van der Waals surface area contributed by atoms with Gasteiger partial charge >= 0.3 is 0 Å². The summed E-state index contributed by atoms with van der Waals surface area (Å²) in [5.41, 5.74) is 6.44. The highest BCUT2D eigenvalue weighted by Gasteiger charge is 2.14. The smallest absolute Gasteiger partial charge is 0.223 e. The topological polar surface area (TPSA) is 89.9 Å². The Morgan fingerprint density at radius 2 is 2.29 bits per heavy atom. The van der Waals surface area contributed by atoms with Gasteiger partial charge in [-0.2, -0.15) is 0 Å². The Kier molecular flexibility index (Phi) is 4.89. The van der Waals surface area contributed by atoms with Crippen LogP contribution >= 0.6 is 11.3 Å². The molecule has 2 aromatic rings. The van der Waals surface area contributed by atoms with E-state index in [9.17, 15) is 4.79 Å². The Hall–Kier alpha value is -1.96. The second-order valence-corrected chi connectivity index (χ2v) is 6.06. The quantitative estimate of drug-likeness (QED) is 0.873. The van der Waals surface area contributed by atoms with Gasteiger partial charge in [-0.1, -0.05) is 0 Å². The van der Waals surface area contributed by atoms with Crippen LogP contribution in [-0.4, -0.2) is 37.6 Å². The van der Waals surface area contributed by atoms with Crippen molar-refractivity contribution in [3.8, 4) is 0 Å². The number of nitrogens with zero attached hydrogens (tertiary/aromatic N) is 5. The highest BCUT2D eigenvalue weighted by atomic mass is 32.1. The molecule has 0 unspecified atom stereocenters. The van der Waals surface area contributed by atoms with Gasteiger partial charge in [-0.05, 0) is 20.3 Å². The van der Waals surface area contributed by atoms with E-state index < -0.39 is 0 Å². The molecule has 8 heteroatoms. The first-order valence-corrected chi connectivity index (χ1v) is 7.67. The first kappa shape index (κ1) is 15.4. The molecular weight excluding hydrogens is 288 g/mol. The third kappa shape index (κ3) is 4.01. The molecule has 0 fully saturated rings. The van der Waals surface area contributed by atoms with Gasteiger partial charge in [0.2, 0.25) is 5.91 Å². The molecule has 2 rings (SSSR count). The van der Waals surface area contributed by atoms with Crippen LogP contribution in [0.5, 0.6) is 0 Å². The van der Waals surface area contributed by atoms with Crippen LogP contribution in [0, 0.1) is 0 Å². The lowest BCUT2D eigenvalue weighted by Crippen LogP contribution is -2.28. The molecule has 0 bridgehead atoms. The van der Waals surface area contributed by atoms with Crippen LogP contribution in [0.2, 0.25) is 0 Å². The number of anilines is 1. The van der Waals surface area contributed by atoms with Crippen molar-refractivity contribution in [3.05, 3.63) is 23.2 Å². The third-order valence-electron chi connectivity index (χ3n) is 3.17. The zero-order valence-corrected chi connectivity index (χ0v) is 13.3. The molecule has 0 spiro atoms. The van der Waals surface area contributed by atoms with Crippen LogP contribution in [0.25, 0.3) is 0 Å². The molecule has 0 aromatic carbocycles. The minimum atomic E-state index is 0.0554. The first-order valence-electron chi connectivity index (χ1n) is 6.79. The molecule has 0 aliphatic heterocycles. The van der Waals surface area contributed by atoms with Crippen LogP contribution in [0.1, 0.15) is 37.8 Å². The Labute approximate surface area is 127 Å². The summed E-state index contributed by atoms with van der Waals surface area (Å²) in [5.74, 6) is 0.846. The minimum absolute atomic E-state index is 0.0554. The normalized spacial score (nSPS) is 11.0. The number of nitrogens with two attached hydrogens (primary N) is 1. The van der Waals surface area contributed by atoms with Gasteiger partial charge in [-0.3, -0.25) is 4.79 Å². The Balaban J connectivity index is 1.89. The highest BCUT2D eigenvalue weighted by molar-refractivity contribution is 7.13. The molecule has 7 nitrogen and oxygen atoms in total. The monoisotopic (exact) mass is 308 g/mol. The van der Waals surface area contributed by atoms with Crippen LogP contribution in [0.4, 0.5) is 5.13 Å². The summed E-state index contributed by atoms with van der Waals surface area (Å²) in [5, 5.41) is 10.4. The lowest BCUT2D eigenvalue weighted by molar-refractivity contribution is -0.130. The molecule has 114 valence electrons. The van der Waals surface area contributed by atoms with Crippen molar-refractivity contribution in [3.63, 3.8) is 0 Å². The van der Waals surface area contributed by atoms with Gasteiger partial charge in [0, 0.05) is 24.9 Å². The van der Waals surface area contributed by atoms with Crippen LogP contribution < -0.4 is 5.73 Å². The van der Waals surface area contributed by atoms with E-state index in [1.807, 2.05) is 9.95 Å².